The lowest BCUT2D eigenvalue weighted by Gasteiger charge is -2.11. The number of rotatable bonds is 8. The fraction of sp³-hybridized carbons (Fsp3) is 0.190. The molecule has 0 radical (unpaired) electrons. The fourth-order valence-corrected chi connectivity index (χ4v) is 4.12. The van der Waals surface area contributed by atoms with E-state index in [1.54, 1.807) is 6.92 Å². The van der Waals surface area contributed by atoms with E-state index in [1.165, 1.54) is 31.6 Å². The normalized spacial score (nSPS) is 11.8. The summed E-state index contributed by atoms with van der Waals surface area (Å²) >= 11 is 0. The number of H-pyrrole nitrogens is 1. The Morgan fingerprint density at radius 2 is 2.03 bits per heavy atom. The highest BCUT2D eigenvalue weighted by Crippen LogP contribution is 2.28. The summed E-state index contributed by atoms with van der Waals surface area (Å²) < 4.78 is 60.0. The molecule has 2 heterocycles. The van der Waals surface area contributed by atoms with Gasteiger partial charge in [-0.05, 0) is 36.3 Å². The molecule has 0 saturated carbocycles. The van der Waals surface area contributed by atoms with Crippen LogP contribution in [0.4, 0.5) is 14.5 Å². The number of carbonyl (C=O) groups excluding carboxylic acids is 2. The summed E-state index contributed by atoms with van der Waals surface area (Å²) in [5, 5.41) is 0.262. The Labute approximate surface area is 182 Å². The second-order valence-electron chi connectivity index (χ2n) is 6.76. The van der Waals surface area contributed by atoms with Crippen LogP contribution >= 0.6 is 0 Å². The summed E-state index contributed by atoms with van der Waals surface area (Å²) in [6.45, 7) is 1.63. The third-order valence-corrected chi connectivity index (χ3v) is 5.94. The lowest BCUT2D eigenvalue weighted by molar-refractivity contribution is -0.134. The van der Waals surface area contributed by atoms with Crippen LogP contribution in [-0.2, 0) is 19.6 Å². The average molecular weight is 463 g/mol. The third-order valence-electron chi connectivity index (χ3n) is 4.47. The molecular weight excluding hydrogens is 444 g/mol. The van der Waals surface area contributed by atoms with Gasteiger partial charge in [-0.25, -0.2) is 27.0 Å². The number of hydrogen-bond donors (Lipinski definition) is 2. The first-order chi connectivity index (χ1) is 15.2. The summed E-state index contributed by atoms with van der Waals surface area (Å²) in [6.07, 6.45) is 5.53. The van der Waals surface area contributed by atoms with Crippen molar-refractivity contribution in [2.24, 2.45) is 0 Å². The first-order valence-electron chi connectivity index (χ1n) is 9.43. The number of anilines is 1. The molecule has 0 aliphatic heterocycles. The van der Waals surface area contributed by atoms with Crippen LogP contribution in [0, 0.1) is 11.6 Å². The van der Waals surface area contributed by atoms with Crippen molar-refractivity contribution in [1.82, 2.24) is 9.97 Å². The molecule has 0 aliphatic rings. The van der Waals surface area contributed by atoms with Gasteiger partial charge in [0.05, 0.1) is 24.1 Å². The fourth-order valence-electron chi connectivity index (χ4n) is 2.99. The number of nitrogens with one attached hydrogen (secondary N) is 2. The van der Waals surface area contributed by atoms with Gasteiger partial charge in [-0.15, -0.1) is 0 Å². The zero-order valence-corrected chi connectivity index (χ0v) is 17.9. The van der Waals surface area contributed by atoms with E-state index in [1.807, 2.05) is 4.72 Å². The highest BCUT2D eigenvalue weighted by Gasteiger charge is 2.25. The topological polar surface area (TPSA) is 118 Å². The number of ketones is 1. The molecule has 168 valence electrons. The molecule has 2 aromatic heterocycles. The summed E-state index contributed by atoms with van der Waals surface area (Å²) in [7, 11) is -2.64. The van der Waals surface area contributed by atoms with Gasteiger partial charge in [0.1, 0.15) is 11.5 Å². The molecule has 0 unspecified atom stereocenters. The molecule has 1 aromatic carbocycles. The molecule has 0 bridgehead atoms. The van der Waals surface area contributed by atoms with Crippen LogP contribution < -0.4 is 4.72 Å². The Morgan fingerprint density at radius 3 is 2.72 bits per heavy atom. The van der Waals surface area contributed by atoms with E-state index in [2.05, 4.69) is 14.7 Å². The van der Waals surface area contributed by atoms with Crippen molar-refractivity contribution in [1.29, 1.82) is 0 Å². The number of methoxy groups -OCH3 is 1. The molecular formula is C21H19F2N3O5S. The van der Waals surface area contributed by atoms with Crippen molar-refractivity contribution >= 4 is 44.6 Å². The van der Waals surface area contributed by atoms with Crippen molar-refractivity contribution in [2.75, 3.05) is 17.6 Å². The molecule has 0 fully saturated rings. The van der Waals surface area contributed by atoms with Crippen LogP contribution in [0.1, 0.15) is 34.8 Å². The molecule has 32 heavy (non-hydrogen) atoms. The number of fused-ring (bicyclic) bond motifs is 1. The maximum Gasteiger partial charge on any atom is 0.330 e. The molecule has 0 saturated heterocycles. The van der Waals surface area contributed by atoms with E-state index in [-0.39, 0.29) is 22.3 Å². The molecule has 11 heteroatoms. The molecule has 8 nitrogen and oxygen atoms in total. The zero-order valence-electron chi connectivity index (χ0n) is 17.1. The lowest BCUT2D eigenvalue weighted by atomic mass is 10.0. The number of aromatic nitrogens is 2. The van der Waals surface area contributed by atoms with Gasteiger partial charge in [-0.3, -0.25) is 9.52 Å². The predicted molar refractivity (Wildman–Crippen MR) is 115 cm³/mol. The molecule has 0 aliphatic carbocycles. The maximum atomic E-state index is 15.0. The molecule has 3 rings (SSSR count). The van der Waals surface area contributed by atoms with Gasteiger partial charge in [0.15, 0.2) is 5.82 Å². The van der Waals surface area contributed by atoms with Crippen molar-refractivity contribution in [3.05, 3.63) is 65.0 Å². The average Bonchev–Trinajstić information content (AvgIpc) is 3.17. The smallest absolute Gasteiger partial charge is 0.330 e. The van der Waals surface area contributed by atoms with Crippen LogP contribution in [0.3, 0.4) is 0 Å². The van der Waals surface area contributed by atoms with Crippen molar-refractivity contribution in [3.8, 4) is 0 Å². The third kappa shape index (κ3) is 4.83. The Morgan fingerprint density at radius 1 is 1.28 bits per heavy atom. The van der Waals surface area contributed by atoms with Gasteiger partial charge in [0.2, 0.25) is 15.8 Å². The number of sulfonamides is 1. The second-order valence-corrected chi connectivity index (χ2v) is 8.60. The number of hydrogen-bond acceptors (Lipinski definition) is 6. The van der Waals surface area contributed by atoms with E-state index in [0.29, 0.717) is 12.0 Å². The molecule has 0 atom stereocenters. The number of halogens is 2. The minimum atomic E-state index is -3.86. The van der Waals surface area contributed by atoms with Crippen molar-refractivity contribution in [2.45, 2.75) is 13.3 Å². The van der Waals surface area contributed by atoms with E-state index in [0.717, 1.165) is 18.2 Å². The number of nitrogens with zero attached hydrogens (tertiary/aromatic N) is 1. The van der Waals surface area contributed by atoms with E-state index >= 15 is 0 Å². The van der Waals surface area contributed by atoms with Crippen LogP contribution in [-0.4, -0.2) is 43.0 Å². The SMILES string of the molecule is CCCS(=O)(=O)Nc1ccc(F)c(C(=O)c2c[nH]c3ncc(/C=C/C(=O)OC)cc23)c1F. The van der Waals surface area contributed by atoms with Gasteiger partial charge in [0, 0.05) is 29.4 Å². The Bertz CT molecular complexity index is 1330. The summed E-state index contributed by atoms with van der Waals surface area (Å²) in [5.41, 5.74) is -0.782. The Balaban J connectivity index is 2.04. The second kappa shape index (κ2) is 9.27. The van der Waals surface area contributed by atoms with Crippen LogP contribution in [0.5, 0.6) is 0 Å². The minimum Gasteiger partial charge on any atom is -0.466 e. The maximum absolute atomic E-state index is 15.0. The van der Waals surface area contributed by atoms with E-state index < -0.39 is 44.7 Å². The first kappa shape index (κ1) is 23.1. The van der Waals surface area contributed by atoms with Gasteiger partial charge >= 0.3 is 5.97 Å². The Kier molecular flexibility index (Phi) is 6.68. The monoisotopic (exact) mass is 463 g/mol. The number of benzene rings is 1. The zero-order chi connectivity index (χ0) is 23.5. The van der Waals surface area contributed by atoms with Crippen LogP contribution in [0.2, 0.25) is 0 Å². The number of carbonyl (C=O) groups is 2. The number of pyridine rings is 1. The number of aromatic amines is 1. The summed E-state index contributed by atoms with van der Waals surface area (Å²) in [5.74, 6) is -4.32. The molecule has 0 amide bonds. The van der Waals surface area contributed by atoms with Gasteiger partial charge in [-0.1, -0.05) is 6.92 Å². The van der Waals surface area contributed by atoms with Crippen LogP contribution in [0.15, 0.2) is 36.7 Å². The van der Waals surface area contributed by atoms with Crippen molar-refractivity contribution in [3.63, 3.8) is 0 Å². The van der Waals surface area contributed by atoms with Gasteiger partial charge in [-0.2, -0.15) is 0 Å². The largest absolute Gasteiger partial charge is 0.466 e. The highest BCUT2D eigenvalue weighted by molar-refractivity contribution is 7.92. The summed E-state index contributed by atoms with van der Waals surface area (Å²) in [6, 6.07) is 3.24. The van der Waals surface area contributed by atoms with E-state index in [9.17, 15) is 26.8 Å². The lowest BCUT2D eigenvalue weighted by Crippen LogP contribution is -2.18. The molecule has 2 N–H and O–H groups in total. The Hall–Kier alpha value is -3.60. The summed E-state index contributed by atoms with van der Waals surface area (Å²) in [4.78, 5) is 31.2. The molecule has 0 spiro atoms. The van der Waals surface area contributed by atoms with E-state index in [4.69, 9.17) is 0 Å². The van der Waals surface area contributed by atoms with Crippen LogP contribution in [0.25, 0.3) is 17.1 Å². The predicted octanol–water partition coefficient (Wildman–Crippen LogP) is 3.41. The quantitative estimate of drug-likeness (QED) is 0.300. The first-order valence-corrected chi connectivity index (χ1v) is 11.1. The highest BCUT2D eigenvalue weighted by atomic mass is 32.2. The molecule has 3 aromatic rings. The number of esters is 1. The standard InChI is InChI=1S/C21H19F2N3O5S/c1-3-8-32(29,30)26-16-6-5-15(22)18(19(16)23)20(28)14-11-25-21-13(14)9-12(10-24-21)4-7-17(27)31-2/h4-7,9-11,26H,3,8H2,1-2H3,(H,24,25)/b7-4+. The van der Waals surface area contributed by atoms with Gasteiger partial charge < -0.3 is 9.72 Å². The van der Waals surface area contributed by atoms with Gasteiger partial charge in [0.25, 0.3) is 0 Å². The number of ether oxygens (including phenoxy) is 1. The minimum absolute atomic E-state index is 0.0767. The van der Waals surface area contributed by atoms with Crippen molar-refractivity contribution < 1.29 is 31.5 Å².